The van der Waals surface area contributed by atoms with Crippen LogP contribution in [0.4, 0.5) is 0 Å². The number of hydrogen-bond donors (Lipinski definition) is 0. The molecule has 1 aromatic carbocycles. The molecule has 0 bridgehead atoms. The van der Waals surface area contributed by atoms with Crippen molar-refractivity contribution in [3.05, 3.63) is 42.3 Å². The largest absolute Gasteiger partial charge is 1.00 e. The van der Waals surface area contributed by atoms with Gasteiger partial charge < -0.3 is 17.1 Å². The summed E-state index contributed by atoms with van der Waals surface area (Å²) in [4.78, 5) is 0. The Balaban J connectivity index is 0.00000196. The topological polar surface area (TPSA) is 9.23 Å². The molecule has 0 spiro atoms. The maximum Gasteiger partial charge on any atom is 1.00 e. The maximum atomic E-state index is 7.08. The van der Waals surface area contributed by atoms with Crippen molar-refractivity contribution in [2.75, 3.05) is 7.11 Å². The molecule has 1 nitrogen and oxygen atoms in total. The Kier molecular flexibility index (Phi) is 7.27. The molecule has 1 aromatic rings. The van der Waals surface area contributed by atoms with Crippen LogP contribution in [0, 0.1) is 18.3 Å². The third kappa shape index (κ3) is 4.58. The van der Waals surface area contributed by atoms with Crippen LogP contribution in [0.15, 0.2) is 30.3 Å². The Morgan fingerprint density at radius 2 is 1.93 bits per heavy atom. The summed E-state index contributed by atoms with van der Waals surface area (Å²) >= 11 is 0. The molecule has 0 aromatic heterocycles. The summed E-state index contributed by atoms with van der Waals surface area (Å²) in [7, 11) is 1.68. The fraction of sp³-hybridized carbons (Fsp3) is 0.385. The Hall–Kier alpha value is -0.663. The molecule has 0 radical (unpaired) electrons. The quantitative estimate of drug-likeness (QED) is 0.356. The molecule has 0 fully saturated rings. The summed E-state index contributed by atoms with van der Waals surface area (Å²) < 4.78 is 5.32. The first kappa shape index (κ1) is 14.3. The molecule has 0 aliphatic heterocycles. The number of methoxy groups -OCH3 is 1. The van der Waals surface area contributed by atoms with Gasteiger partial charge in [-0.2, -0.15) is 0 Å². The van der Waals surface area contributed by atoms with Crippen molar-refractivity contribution in [3.8, 4) is 5.92 Å². The van der Waals surface area contributed by atoms with Crippen molar-refractivity contribution < 1.29 is 23.6 Å². The second-order valence-corrected chi connectivity index (χ2v) is 3.40. The molecule has 74 valence electrons. The Morgan fingerprint density at radius 3 is 2.40 bits per heavy atom. The van der Waals surface area contributed by atoms with Gasteiger partial charge in [0.2, 0.25) is 0 Å². The van der Waals surface area contributed by atoms with E-state index in [4.69, 9.17) is 11.2 Å². The summed E-state index contributed by atoms with van der Waals surface area (Å²) in [6, 6.07) is 10.2. The van der Waals surface area contributed by atoms with Gasteiger partial charge in [0.05, 0.1) is 6.10 Å². The Morgan fingerprint density at radius 1 is 1.33 bits per heavy atom. The predicted octanol–water partition coefficient (Wildman–Crippen LogP) is -0.526. The fourth-order valence-corrected chi connectivity index (χ4v) is 1.40. The summed E-state index contributed by atoms with van der Waals surface area (Å²) in [5.74, 6) is 2.50. The average Bonchev–Trinajstić information content (AvgIpc) is 2.26. The van der Waals surface area contributed by atoms with Crippen LogP contribution in [0.2, 0.25) is 0 Å². The van der Waals surface area contributed by atoms with E-state index >= 15 is 0 Å². The van der Waals surface area contributed by atoms with E-state index in [9.17, 15) is 0 Å². The minimum Gasteiger partial charge on any atom is -0.693 e. The van der Waals surface area contributed by atoms with Gasteiger partial charge in [0, 0.05) is 13.0 Å². The van der Waals surface area contributed by atoms with Gasteiger partial charge in [0.25, 0.3) is 0 Å². The normalized spacial score (nSPS) is 13.4. The summed E-state index contributed by atoms with van der Waals surface area (Å²) in [6.07, 6.45) is 7.97. The van der Waals surface area contributed by atoms with Crippen LogP contribution in [0.1, 0.15) is 12.5 Å². The molecule has 0 saturated heterocycles. The molecule has 0 amide bonds. The van der Waals surface area contributed by atoms with Gasteiger partial charge in [0.15, 0.2) is 0 Å². The second kappa shape index (κ2) is 7.61. The third-order valence-corrected chi connectivity index (χ3v) is 2.37. The minimum absolute atomic E-state index is 0. The van der Waals surface area contributed by atoms with Gasteiger partial charge in [-0.1, -0.05) is 37.3 Å². The maximum absolute atomic E-state index is 7.08. The SMILES string of the molecule is [C-]#C[C@H](C)[C@H](Cc1ccccc1)OC.[Li+]. The van der Waals surface area contributed by atoms with Crippen molar-refractivity contribution in [1.82, 2.24) is 0 Å². The number of rotatable bonds is 4. The van der Waals surface area contributed by atoms with Crippen LogP contribution >= 0.6 is 0 Å². The molecule has 0 saturated carbocycles. The zero-order chi connectivity index (χ0) is 10.4. The fourth-order valence-electron chi connectivity index (χ4n) is 1.40. The van der Waals surface area contributed by atoms with Crippen LogP contribution in [0.5, 0.6) is 0 Å². The molecule has 2 atom stereocenters. The molecule has 0 aliphatic carbocycles. The first-order chi connectivity index (χ1) is 6.77. The van der Waals surface area contributed by atoms with E-state index in [1.54, 1.807) is 7.11 Å². The van der Waals surface area contributed by atoms with Crippen molar-refractivity contribution >= 4 is 0 Å². The van der Waals surface area contributed by atoms with Crippen LogP contribution in [0.3, 0.4) is 0 Å². The smallest absolute Gasteiger partial charge is 0.693 e. The molecule has 1 rings (SSSR count). The number of hydrogen-bond acceptors (Lipinski definition) is 1. The third-order valence-electron chi connectivity index (χ3n) is 2.37. The predicted molar refractivity (Wildman–Crippen MR) is 57.2 cm³/mol. The van der Waals surface area contributed by atoms with Gasteiger partial charge >= 0.3 is 18.9 Å². The van der Waals surface area contributed by atoms with E-state index < -0.39 is 0 Å². The van der Waals surface area contributed by atoms with E-state index in [1.807, 2.05) is 25.1 Å². The summed E-state index contributed by atoms with van der Waals surface area (Å²) in [5, 5.41) is 0. The second-order valence-electron chi connectivity index (χ2n) is 3.40. The van der Waals surface area contributed by atoms with Gasteiger partial charge in [-0.15, -0.1) is 0 Å². The van der Waals surface area contributed by atoms with Crippen molar-refractivity contribution in [2.24, 2.45) is 5.92 Å². The molecule has 0 aliphatic rings. The van der Waals surface area contributed by atoms with Gasteiger partial charge in [-0.05, 0) is 12.0 Å². The Bertz CT molecular complexity index is 302. The van der Waals surface area contributed by atoms with Gasteiger partial charge in [0.1, 0.15) is 0 Å². The first-order valence-electron chi connectivity index (χ1n) is 4.77. The van der Waals surface area contributed by atoms with Gasteiger partial charge in [-0.25, -0.2) is 0 Å². The van der Waals surface area contributed by atoms with Crippen LogP contribution in [-0.4, -0.2) is 13.2 Å². The van der Waals surface area contributed by atoms with Crippen LogP contribution < -0.4 is 18.9 Å². The van der Waals surface area contributed by atoms with Crippen molar-refractivity contribution in [2.45, 2.75) is 19.4 Å². The molecular formula is C13H15LiO. The summed E-state index contributed by atoms with van der Waals surface area (Å²) in [6.45, 7) is 1.95. The standard InChI is InChI=1S/C13H15O.Li/c1-4-11(2)13(14-3)10-12-8-6-5-7-9-12;/h5-9,11,13H,10H2,2-3H3;/q-1;+1/t11-,13-;/m0./s1. The van der Waals surface area contributed by atoms with E-state index in [1.165, 1.54) is 5.56 Å². The van der Waals surface area contributed by atoms with Gasteiger partial charge in [-0.3, -0.25) is 0 Å². The molecule has 2 heteroatoms. The molecule has 0 heterocycles. The van der Waals surface area contributed by atoms with Crippen molar-refractivity contribution in [3.63, 3.8) is 0 Å². The number of benzene rings is 1. The molecular weight excluding hydrogens is 179 g/mol. The summed E-state index contributed by atoms with van der Waals surface area (Å²) in [5.41, 5.74) is 1.24. The Labute approximate surface area is 104 Å². The number of ether oxygens (including phenoxy) is 1. The van der Waals surface area contributed by atoms with Crippen LogP contribution in [-0.2, 0) is 11.2 Å². The molecule has 15 heavy (non-hydrogen) atoms. The minimum atomic E-state index is 0. The van der Waals surface area contributed by atoms with E-state index in [0.29, 0.717) is 0 Å². The zero-order valence-corrected chi connectivity index (χ0v) is 9.66. The van der Waals surface area contributed by atoms with Crippen LogP contribution in [0.25, 0.3) is 0 Å². The molecule has 0 N–H and O–H groups in total. The van der Waals surface area contributed by atoms with E-state index in [0.717, 1.165) is 6.42 Å². The first-order valence-corrected chi connectivity index (χ1v) is 4.77. The van der Waals surface area contributed by atoms with E-state index in [2.05, 4.69) is 18.1 Å². The monoisotopic (exact) mass is 194 g/mol. The zero-order valence-electron chi connectivity index (χ0n) is 9.66. The molecule has 0 unspecified atom stereocenters. The van der Waals surface area contributed by atoms with Crippen molar-refractivity contribution in [1.29, 1.82) is 0 Å². The average molecular weight is 194 g/mol. The van der Waals surface area contributed by atoms with E-state index in [-0.39, 0.29) is 30.9 Å².